The van der Waals surface area contributed by atoms with E-state index in [0.717, 1.165) is 36.7 Å². The number of hydrogen-bond donors (Lipinski definition) is 1. The first-order valence-corrected chi connectivity index (χ1v) is 6.49. The molecule has 0 atom stereocenters. The second-order valence-electron chi connectivity index (χ2n) is 4.56. The summed E-state index contributed by atoms with van der Waals surface area (Å²) < 4.78 is 7.52. The van der Waals surface area contributed by atoms with Crippen molar-refractivity contribution in [3.05, 3.63) is 54.2 Å². The molecule has 0 unspecified atom stereocenters. The molecule has 0 amide bonds. The molecule has 0 spiro atoms. The van der Waals surface area contributed by atoms with Gasteiger partial charge in [0.05, 0.1) is 23.8 Å². The maximum absolute atomic E-state index is 5.28. The molecule has 19 heavy (non-hydrogen) atoms. The summed E-state index contributed by atoms with van der Waals surface area (Å²) >= 11 is 0. The quantitative estimate of drug-likeness (QED) is 0.713. The Morgan fingerprint density at radius 3 is 2.95 bits per heavy atom. The van der Waals surface area contributed by atoms with Crippen LogP contribution in [0.3, 0.4) is 0 Å². The number of hydrogen-bond acceptors (Lipinski definition) is 3. The number of aromatic nitrogens is 2. The monoisotopic (exact) mass is 255 g/mol. The maximum atomic E-state index is 5.28. The third kappa shape index (κ3) is 2.53. The van der Waals surface area contributed by atoms with Gasteiger partial charge in [-0.3, -0.25) is 0 Å². The van der Waals surface area contributed by atoms with Crippen LogP contribution in [0.5, 0.6) is 0 Å². The van der Waals surface area contributed by atoms with Crippen molar-refractivity contribution in [3.63, 3.8) is 0 Å². The lowest BCUT2D eigenvalue weighted by atomic mass is 10.3. The van der Waals surface area contributed by atoms with Gasteiger partial charge in [0.1, 0.15) is 11.6 Å². The highest BCUT2D eigenvalue weighted by Crippen LogP contribution is 2.14. The third-order valence-electron chi connectivity index (χ3n) is 3.24. The standard InChI is InChI=1S/C15H17N3O/c1-12-17-14-6-2-3-7-15(14)18(12)9-8-16-11-13-5-4-10-19-13/h2-7,10,16H,8-9,11H2,1H3. The number of nitrogens with one attached hydrogen (secondary N) is 1. The molecular weight excluding hydrogens is 238 g/mol. The molecular formula is C15H17N3O. The Labute approximate surface area is 112 Å². The predicted octanol–water partition coefficient (Wildman–Crippen LogP) is 2.73. The average Bonchev–Trinajstić information content (AvgIpc) is 3.02. The van der Waals surface area contributed by atoms with E-state index >= 15 is 0 Å². The van der Waals surface area contributed by atoms with Crippen LogP contribution in [0.25, 0.3) is 11.0 Å². The first-order chi connectivity index (χ1) is 9.34. The van der Waals surface area contributed by atoms with E-state index in [1.165, 1.54) is 5.52 Å². The zero-order valence-electron chi connectivity index (χ0n) is 11.0. The van der Waals surface area contributed by atoms with E-state index in [4.69, 9.17) is 4.42 Å². The van der Waals surface area contributed by atoms with Gasteiger partial charge in [0.2, 0.25) is 0 Å². The van der Waals surface area contributed by atoms with Gasteiger partial charge in [0, 0.05) is 13.1 Å². The van der Waals surface area contributed by atoms with E-state index in [2.05, 4.69) is 33.1 Å². The maximum Gasteiger partial charge on any atom is 0.117 e. The van der Waals surface area contributed by atoms with Crippen molar-refractivity contribution >= 4 is 11.0 Å². The molecule has 0 fully saturated rings. The zero-order valence-corrected chi connectivity index (χ0v) is 11.0. The van der Waals surface area contributed by atoms with Crippen LogP contribution in [0, 0.1) is 6.92 Å². The molecule has 1 aromatic carbocycles. The molecule has 0 aliphatic heterocycles. The van der Waals surface area contributed by atoms with Gasteiger partial charge in [-0.2, -0.15) is 0 Å². The molecule has 0 saturated carbocycles. The average molecular weight is 255 g/mol. The van der Waals surface area contributed by atoms with Crippen molar-refractivity contribution in [1.82, 2.24) is 14.9 Å². The molecule has 2 heterocycles. The van der Waals surface area contributed by atoms with Crippen LogP contribution in [-0.4, -0.2) is 16.1 Å². The Kier molecular flexibility index (Phi) is 3.33. The fraction of sp³-hybridized carbons (Fsp3) is 0.267. The Bertz CT molecular complexity index is 655. The van der Waals surface area contributed by atoms with Gasteiger partial charge in [0.15, 0.2) is 0 Å². The van der Waals surface area contributed by atoms with Gasteiger partial charge < -0.3 is 14.3 Å². The van der Waals surface area contributed by atoms with E-state index in [1.807, 2.05) is 25.1 Å². The van der Waals surface area contributed by atoms with Crippen molar-refractivity contribution in [2.45, 2.75) is 20.0 Å². The second kappa shape index (κ2) is 5.28. The smallest absolute Gasteiger partial charge is 0.117 e. The Balaban J connectivity index is 1.63. The van der Waals surface area contributed by atoms with Crippen LogP contribution in [0.15, 0.2) is 47.1 Å². The number of aryl methyl sites for hydroxylation is 1. The van der Waals surface area contributed by atoms with Crippen LogP contribution in [0.4, 0.5) is 0 Å². The van der Waals surface area contributed by atoms with Crippen LogP contribution >= 0.6 is 0 Å². The van der Waals surface area contributed by atoms with E-state index in [1.54, 1.807) is 6.26 Å². The first-order valence-electron chi connectivity index (χ1n) is 6.49. The van der Waals surface area contributed by atoms with E-state index < -0.39 is 0 Å². The molecule has 0 radical (unpaired) electrons. The summed E-state index contributed by atoms with van der Waals surface area (Å²) in [5.41, 5.74) is 2.26. The highest BCUT2D eigenvalue weighted by molar-refractivity contribution is 5.75. The van der Waals surface area contributed by atoms with Crippen molar-refractivity contribution in [2.24, 2.45) is 0 Å². The minimum Gasteiger partial charge on any atom is -0.468 e. The van der Waals surface area contributed by atoms with E-state index in [0.29, 0.717) is 0 Å². The molecule has 3 rings (SSSR count). The van der Waals surface area contributed by atoms with Crippen LogP contribution in [0.1, 0.15) is 11.6 Å². The molecule has 1 N–H and O–H groups in total. The number of imidazole rings is 1. The predicted molar refractivity (Wildman–Crippen MR) is 74.9 cm³/mol. The zero-order chi connectivity index (χ0) is 13.1. The summed E-state index contributed by atoms with van der Waals surface area (Å²) in [6.07, 6.45) is 1.70. The Hall–Kier alpha value is -2.07. The van der Waals surface area contributed by atoms with E-state index in [9.17, 15) is 0 Å². The van der Waals surface area contributed by atoms with Gasteiger partial charge in [-0.15, -0.1) is 0 Å². The highest BCUT2D eigenvalue weighted by Gasteiger charge is 2.05. The minimum absolute atomic E-state index is 0.763. The molecule has 2 aromatic heterocycles. The summed E-state index contributed by atoms with van der Waals surface area (Å²) in [5, 5.41) is 3.38. The number of furan rings is 1. The van der Waals surface area contributed by atoms with E-state index in [-0.39, 0.29) is 0 Å². The number of benzene rings is 1. The normalized spacial score (nSPS) is 11.2. The number of fused-ring (bicyclic) bond motifs is 1. The van der Waals surface area contributed by atoms with Crippen LogP contribution in [0.2, 0.25) is 0 Å². The summed E-state index contributed by atoms with van der Waals surface area (Å²) in [6.45, 7) is 4.61. The fourth-order valence-corrected chi connectivity index (χ4v) is 2.29. The van der Waals surface area contributed by atoms with Crippen molar-refractivity contribution in [1.29, 1.82) is 0 Å². The number of nitrogens with zero attached hydrogens (tertiary/aromatic N) is 2. The molecule has 3 aromatic rings. The molecule has 4 nitrogen and oxygen atoms in total. The lowest BCUT2D eigenvalue weighted by molar-refractivity contribution is 0.476. The van der Waals surface area contributed by atoms with Crippen molar-refractivity contribution < 1.29 is 4.42 Å². The third-order valence-corrected chi connectivity index (χ3v) is 3.24. The highest BCUT2D eigenvalue weighted by atomic mass is 16.3. The van der Waals surface area contributed by atoms with Gasteiger partial charge in [-0.1, -0.05) is 12.1 Å². The molecule has 98 valence electrons. The van der Waals surface area contributed by atoms with Crippen molar-refractivity contribution in [3.8, 4) is 0 Å². The van der Waals surface area contributed by atoms with Gasteiger partial charge in [-0.25, -0.2) is 4.98 Å². The molecule has 0 aliphatic carbocycles. The second-order valence-corrected chi connectivity index (χ2v) is 4.56. The minimum atomic E-state index is 0.763. The largest absolute Gasteiger partial charge is 0.468 e. The Morgan fingerprint density at radius 2 is 2.11 bits per heavy atom. The molecule has 4 heteroatoms. The summed E-state index contributed by atoms with van der Waals surface area (Å²) in [4.78, 5) is 4.56. The van der Waals surface area contributed by atoms with Gasteiger partial charge in [0.25, 0.3) is 0 Å². The summed E-state index contributed by atoms with van der Waals surface area (Å²) in [5.74, 6) is 2.02. The van der Waals surface area contributed by atoms with Crippen LogP contribution in [-0.2, 0) is 13.1 Å². The summed E-state index contributed by atoms with van der Waals surface area (Å²) in [7, 11) is 0. The fourth-order valence-electron chi connectivity index (χ4n) is 2.29. The lowest BCUT2D eigenvalue weighted by Crippen LogP contribution is -2.19. The van der Waals surface area contributed by atoms with Crippen LogP contribution < -0.4 is 5.32 Å². The topological polar surface area (TPSA) is 43.0 Å². The lowest BCUT2D eigenvalue weighted by Gasteiger charge is -2.07. The van der Waals surface area contributed by atoms with Gasteiger partial charge in [-0.05, 0) is 31.2 Å². The van der Waals surface area contributed by atoms with Gasteiger partial charge >= 0.3 is 0 Å². The number of rotatable bonds is 5. The first kappa shape index (κ1) is 12.0. The van der Waals surface area contributed by atoms with Crippen molar-refractivity contribution in [2.75, 3.05) is 6.54 Å². The SMILES string of the molecule is Cc1nc2ccccc2n1CCNCc1ccco1. The summed E-state index contributed by atoms with van der Waals surface area (Å²) in [6, 6.07) is 12.1. The number of para-hydroxylation sites is 2. The Morgan fingerprint density at radius 1 is 1.21 bits per heavy atom. The molecule has 0 saturated heterocycles. The molecule has 0 aliphatic rings. The molecule has 0 bridgehead atoms.